The van der Waals surface area contributed by atoms with Crippen molar-refractivity contribution in [1.29, 1.82) is 0 Å². The number of carboxylic acid groups (broad SMARTS) is 1. The molecule has 2 amide bonds. The van der Waals surface area contributed by atoms with Gasteiger partial charge in [-0.15, -0.1) is 0 Å². The maximum Gasteiger partial charge on any atom is 0.323 e. The summed E-state index contributed by atoms with van der Waals surface area (Å²) in [6.07, 6.45) is 0.772. The number of carbonyl (C=O) groups excluding carboxylic acids is 1. The van der Waals surface area contributed by atoms with E-state index in [-0.39, 0.29) is 18.4 Å². The van der Waals surface area contributed by atoms with Crippen LogP contribution in [-0.4, -0.2) is 30.2 Å². The van der Waals surface area contributed by atoms with Gasteiger partial charge in [0.15, 0.2) is 0 Å². The molecular weight excluding hydrogens is 414 g/mol. The second-order valence-electron chi connectivity index (χ2n) is 9.57. The Kier molecular flexibility index (Phi) is 9.76. The Balaban J connectivity index is 2.44. The molecule has 2 aromatic carbocycles. The molecule has 3 N–H and O–H groups in total. The molecule has 0 saturated heterocycles. The molecule has 1 unspecified atom stereocenters. The number of nitrogens with one attached hydrogen (secondary N) is 2. The van der Waals surface area contributed by atoms with Crippen LogP contribution in [0.5, 0.6) is 0 Å². The highest BCUT2D eigenvalue weighted by Crippen LogP contribution is 2.33. The van der Waals surface area contributed by atoms with Crippen molar-refractivity contribution < 1.29 is 14.7 Å². The second kappa shape index (κ2) is 12.3. The molecule has 0 bridgehead atoms. The smallest absolute Gasteiger partial charge is 0.323 e. The monoisotopic (exact) mass is 453 g/mol. The summed E-state index contributed by atoms with van der Waals surface area (Å²) in [6.45, 7) is 14.4. The molecule has 2 rings (SSSR count). The van der Waals surface area contributed by atoms with E-state index >= 15 is 0 Å². The Morgan fingerprint density at radius 2 is 1.55 bits per heavy atom. The van der Waals surface area contributed by atoms with Gasteiger partial charge in [0.2, 0.25) is 0 Å². The molecule has 33 heavy (non-hydrogen) atoms. The third kappa shape index (κ3) is 8.12. The van der Waals surface area contributed by atoms with Gasteiger partial charge >= 0.3 is 12.0 Å². The Morgan fingerprint density at radius 1 is 0.939 bits per heavy atom. The number of anilines is 3. The van der Waals surface area contributed by atoms with Crippen molar-refractivity contribution in [2.45, 2.75) is 60.3 Å². The number of aliphatic carboxylic acids is 1. The van der Waals surface area contributed by atoms with Gasteiger partial charge in [0.05, 0.1) is 17.8 Å². The SMILES string of the molecule is CCC(CC(=O)O)c1ccc(N(CC(C)C)CC(C)C)c(NC(=O)Nc2ccccc2C)c1. The largest absolute Gasteiger partial charge is 0.481 e. The van der Waals surface area contributed by atoms with Crippen molar-refractivity contribution in [3.8, 4) is 0 Å². The molecule has 1 atom stereocenters. The molecule has 0 saturated carbocycles. The lowest BCUT2D eigenvalue weighted by atomic mass is 9.92. The van der Waals surface area contributed by atoms with Gasteiger partial charge in [0, 0.05) is 18.8 Å². The fraction of sp³-hybridized carbons (Fsp3) is 0.481. The Morgan fingerprint density at radius 3 is 2.09 bits per heavy atom. The topological polar surface area (TPSA) is 81.7 Å². The summed E-state index contributed by atoms with van der Waals surface area (Å²) in [5.74, 6) is -0.0286. The Hall–Kier alpha value is -3.02. The molecule has 0 aliphatic rings. The van der Waals surface area contributed by atoms with Crippen molar-refractivity contribution in [3.05, 3.63) is 53.6 Å². The van der Waals surface area contributed by atoms with Gasteiger partial charge in [-0.2, -0.15) is 0 Å². The van der Waals surface area contributed by atoms with Crippen LogP contribution in [-0.2, 0) is 4.79 Å². The van der Waals surface area contributed by atoms with E-state index in [1.807, 2.05) is 56.3 Å². The van der Waals surface area contributed by atoms with Crippen molar-refractivity contribution in [2.75, 3.05) is 28.6 Å². The zero-order valence-electron chi connectivity index (χ0n) is 20.8. The van der Waals surface area contributed by atoms with Gasteiger partial charge in [-0.25, -0.2) is 4.79 Å². The summed E-state index contributed by atoms with van der Waals surface area (Å²) >= 11 is 0. The number of aryl methyl sites for hydroxylation is 1. The molecule has 2 aromatic rings. The predicted octanol–water partition coefficient (Wildman–Crippen LogP) is 6.73. The number of hydrogen-bond donors (Lipinski definition) is 3. The average Bonchev–Trinajstić information content (AvgIpc) is 2.72. The second-order valence-corrected chi connectivity index (χ2v) is 9.57. The lowest BCUT2D eigenvalue weighted by Crippen LogP contribution is -2.32. The van der Waals surface area contributed by atoms with Crippen LogP contribution in [0.1, 0.15) is 64.5 Å². The van der Waals surface area contributed by atoms with E-state index in [1.165, 1.54) is 0 Å². The molecule has 0 aromatic heterocycles. The summed E-state index contributed by atoms with van der Waals surface area (Å²) in [5, 5.41) is 15.3. The number of para-hydroxylation sites is 1. The van der Waals surface area contributed by atoms with Crippen molar-refractivity contribution in [1.82, 2.24) is 0 Å². The van der Waals surface area contributed by atoms with Gasteiger partial charge < -0.3 is 20.6 Å². The van der Waals surface area contributed by atoms with E-state index in [9.17, 15) is 14.7 Å². The van der Waals surface area contributed by atoms with Crippen LogP contribution in [0.2, 0.25) is 0 Å². The number of urea groups is 1. The fourth-order valence-corrected chi connectivity index (χ4v) is 4.03. The van der Waals surface area contributed by atoms with E-state index in [0.717, 1.165) is 35.6 Å². The number of hydrogen-bond acceptors (Lipinski definition) is 3. The molecule has 6 heteroatoms. The highest BCUT2D eigenvalue weighted by atomic mass is 16.4. The summed E-state index contributed by atoms with van der Waals surface area (Å²) in [6, 6.07) is 13.3. The van der Waals surface area contributed by atoms with Crippen molar-refractivity contribution in [2.24, 2.45) is 11.8 Å². The van der Waals surface area contributed by atoms with Crippen LogP contribution in [0.25, 0.3) is 0 Å². The van der Waals surface area contributed by atoms with Crippen LogP contribution in [0.4, 0.5) is 21.9 Å². The minimum atomic E-state index is -0.820. The first-order valence-electron chi connectivity index (χ1n) is 11.8. The zero-order valence-corrected chi connectivity index (χ0v) is 20.8. The van der Waals surface area contributed by atoms with E-state index in [0.29, 0.717) is 23.9 Å². The number of amides is 2. The van der Waals surface area contributed by atoms with Gasteiger partial charge in [-0.3, -0.25) is 4.79 Å². The zero-order chi connectivity index (χ0) is 24.5. The molecule has 0 aliphatic carbocycles. The standard InChI is InChI=1S/C27H39N3O3/c1-7-21(15-26(31)32)22-12-13-25(30(16-18(2)3)17-19(4)5)24(14-22)29-27(33)28-23-11-9-8-10-20(23)6/h8-14,18-19,21H,7,15-17H2,1-6H3,(H,31,32)(H2,28,29,33). The quantitative estimate of drug-likeness (QED) is 0.352. The molecule has 180 valence electrons. The van der Waals surface area contributed by atoms with Crippen molar-refractivity contribution >= 4 is 29.1 Å². The maximum absolute atomic E-state index is 12.9. The minimum absolute atomic E-state index is 0.0619. The first-order valence-corrected chi connectivity index (χ1v) is 11.8. The number of carbonyl (C=O) groups is 2. The number of carboxylic acids is 1. The van der Waals surface area contributed by atoms with Crippen LogP contribution in [0.3, 0.4) is 0 Å². The fourth-order valence-electron chi connectivity index (χ4n) is 4.03. The van der Waals surface area contributed by atoms with Crippen LogP contribution < -0.4 is 15.5 Å². The molecule has 6 nitrogen and oxygen atoms in total. The first kappa shape index (κ1) is 26.2. The van der Waals surface area contributed by atoms with E-state index in [4.69, 9.17) is 0 Å². The van der Waals surface area contributed by atoms with Crippen LogP contribution >= 0.6 is 0 Å². The molecule has 0 fully saturated rings. The first-order chi connectivity index (χ1) is 15.6. The minimum Gasteiger partial charge on any atom is -0.481 e. The third-order valence-corrected chi connectivity index (χ3v) is 5.56. The third-order valence-electron chi connectivity index (χ3n) is 5.56. The van der Waals surface area contributed by atoms with Crippen molar-refractivity contribution in [3.63, 3.8) is 0 Å². The maximum atomic E-state index is 12.9. The van der Waals surface area contributed by atoms with Gasteiger partial charge in [0.1, 0.15) is 0 Å². The van der Waals surface area contributed by atoms with Crippen LogP contribution in [0, 0.1) is 18.8 Å². The van der Waals surface area contributed by atoms with E-state index < -0.39 is 5.97 Å². The Labute approximate surface area is 198 Å². The lowest BCUT2D eigenvalue weighted by molar-refractivity contribution is -0.137. The van der Waals surface area contributed by atoms with Gasteiger partial charge in [0.25, 0.3) is 0 Å². The highest BCUT2D eigenvalue weighted by molar-refractivity contribution is 6.02. The molecule has 0 heterocycles. The number of nitrogens with zero attached hydrogens (tertiary/aromatic N) is 1. The van der Waals surface area contributed by atoms with Gasteiger partial charge in [-0.05, 0) is 60.4 Å². The molecule has 0 aliphatic heterocycles. The average molecular weight is 454 g/mol. The normalized spacial score (nSPS) is 12.0. The molecule has 0 radical (unpaired) electrons. The summed E-state index contributed by atoms with van der Waals surface area (Å²) in [5.41, 5.74) is 4.31. The van der Waals surface area contributed by atoms with Gasteiger partial charge in [-0.1, -0.05) is 58.9 Å². The lowest BCUT2D eigenvalue weighted by Gasteiger charge is -2.31. The molecular formula is C27H39N3O3. The summed E-state index contributed by atoms with van der Waals surface area (Å²) in [4.78, 5) is 26.6. The van der Waals surface area contributed by atoms with E-state index in [1.54, 1.807) is 0 Å². The highest BCUT2D eigenvalue weighted by Gasteiger charge is 2.20. The number of rotatable bonds is 11. The number of benzene rings is 2. The predicted molar refractivity (Wildman–Crippen MR) is 137 cm³/mol. The van der Waals surface area contributed by atoms with E-state index in [2.05, 4.69) is 43.2 Å². The van der Waals surface area contributed by atoms with Crippen LogP contribution in [0.15, 0.2) is 42.5 Å². The Bertz CT molecular complexity index is 930. The summed E-state index contributed by atoms with van der Waals surface area (Å²) in [7, 11) is 0. The molecule has 0 spiro atoms. The summed E-state index contributed by atoms with van der Waals surface area (Å²) < 4.78 is 0.